The summed E-state index contributed by atoms with van der Waals surface area (Å²) in [5, 5.41) is 9.05. The number of amides is 1. The second-order valence-corrected chi connectivity index (χ2v) is 3.64. The first-order chi connectivity index (χ1) is 7.60. The van der Waals surface area contributed by atoms with Crippen LogP contribution in [0.25, 0.3) is 0 Å². The number of hydrogen-bond acceptors (Lipinski definition) is 3. The number of benzene rings is 1. The van der Waals surface area contributed by atoms with E-state index in [-0.39, 0.29) is 13.2 Å². The van der Waals surface area contributed by atoms with Gasteiger partial charge in [-0.05, 0) is 24.1 Å². The molecule has 0 radical (unpaired) electrons. The van der Waals surface area contributed by atoms with Crippen molar-refractivity contribution in [2.45, 2.75) is 13.3 Å². The number of aryl methyl sites for hydroxylation is 1. The van der Waals surface area contributed by atoms with E-state index >= 15 is 0 Å². The van der Waals surface area contributed by atoms with Crippen LogP contribution < -0.4 is 10.5 Å². The predicted octanol–water partition coefficient (Wildman–Crippen LogP) is 1.37. The molecule has 0 spiro atoms. The Morgan fingerprint density at radius 1 is 1.56 bits per heavy atom. The summed E-state index contributed by atoms with van der Waals surface area (Å²) in [6.07, 6.45) is 0.665. The van der Waals surface area contributed by atoms with Crippen LogP contribution in [0.3, 0.4) is 0 Å². The first kappa shape index (κ1) is 12.8. The first-order valence-electron chi connectivity index (χ1n) is 4.96. The van der Waals surface area contributed by atoms with E-state index in [2.05, 4.69) is 0 Å². The van der Waals surface area contributed by atoms with Crippen molar-refractivity contribution in [2.75, 3.05) is 13.2 Å². The van der Waals surface area contributed by atoms with Gasteiger partial charge in [0.2, 0.25) is 5.91 Å². The van der Waals surface area contributed by atoms with Gasteiger partial charge in [-0.1, -0.05) is 18.5 Å². The number of carbonyl (C=O) groups excluding carboxylic acids is 1. The lowest BCUT2D eigenvalue weighted by Gasteiger charge is -2.11. The Kier molecular flexibility index (Phi) is 4.58. The Balaban J connectivity index is 3.11. The molecule has 1 amide bonds. The van der Waals surface area contributed by atoms with E-state index in [4.69, 9.17) is 27.2 Å². The van der Waals surface area contributed by atoms with Gasteiger partial charge in [0.1, 0.15) is 12.4 Å². The molecule has 0 fully saturated rings. The third-order valence-electron chi connectivity index (χ3n) is 2.15. The van der Waals surface area contributed by atoms with Gasteiger partial charge in [0.05, 0.1) is 11.6 Å². The Hall–Kier alpha value is -1.26. The highest BCUT2D eigenvalue weighted by molar-refractivity contribution is 6.32. The fourth-order valence-corrected chi connectivity index (χ4v) is 1.62. The summed E-state index contributed by atoms with van der Waals surface area (Å²) in [6.45, 7) is 1.92. The average Bonchev–Trinajstić information content (AvgIpc) is 2.26. The molecular formula is C11H14ClNO3. The minimum absolute atomic E-state index is 0.113. The molecule has 0 aromatic heterocycles. The zero-order chi connectivity index (χ0) is 12.1. The highest BCUT2D eigenvalue weighted by Gasteiger charge is 2.12. The van der Waals surface area contributed by atoms with Crippen LogP contribution >= 0.6 is 11.6 Å². The van der Waals surface area contributed by atoms with E-state index in [0.717, 1.165) is 5.56 Å². The van der Waals surface area contributed by atoms with Crippen molar-refractivity contribution in [3.63, 3.8) is 0 Å². The molecule has 0 heterocycles. The maximum Gasteiger partial charge on any atom is 0.249 e. The molecule has 0 atom stereocenters. The molecule has 1 rings (SSSR count). The molecule has 4 nitrogen and oxygen atoms in total. The summed E-state index contributed by atoms with van der Waals surface area (Å²) in [6, 6.07) is 3.17. The van der Waals surface area contributed by atoms with Crippen molar-refractivity contribution in [1.29, 1.82) is 0 Å². The Morgan fingerprint density at radius 3 is 2.75 bits per heavy atom. The largest absolute Gasteiger partial charge is 0.490 e. The monoisotopic (exact) mass is 243 g/mol. The lowest BCUT2D eigenvalue weighted by atomic mass is 10.0. The van der Waals surface area contributed by atoms with Crippen LogP contribution in [0.1, 0.15) is 22.8 Å². The normalized spacial score (nSPS) is 10.2. The van der Waals surface area contributed by atoms with Crippen LogP contribution in [-0.4, -0.2) is 24.2 Å². The fraction of sp³-hybridized carbons (Fsp3) is 0.364. The average molecular weight is 244 g/mol. The Bertz CT molecular complexity index is 393. The topological polar surface area (TPSA) is 72.6 Å². The number of hydrogen-bond donors (Lipinski definition) is 2. The summed E-state index contributed by atoms with van der Waals surface area (Å²) in [5.41, 5.74) is 6.44. The summed E-state index contributed by atoms with van der Waals surface area (Å²) in [4.78, 5) is 11.2. The lowest BCUT2D eigenvalue weighted by Crippen LogP contribution is -2.14. The smallest absolute Gasteiger partial charge is 0.249 e. The van der Waals surface area contributed by atoms with Crippen molar-refractivity contribution in [1.82, 2.24) is 0 Å². The van der Waals surface area contributed by atoms with E-state index in [1.54, 1.807) is 6.07 Å². The Morgan fingerprint density at radius 2 is 2.25 bits per heavy atom. The van der Waals surface area contributed by atoms with Crippen LogP contribution in [0.5, 0.6) is 5.75 Å². The van der Waals surface area contributed by atoms with E-state index in [9.17, 15) is 4.79 Å². The molecule has 0 bridgehead atoms. The number of nitrogens with two attached hydrogens (primary N) is 1. The molecule has 88 valence electrons. The highest BCUT2D eigenvalue weighted by atomic mass is 35.5. The second kappa shape index (κ2) is 5.72. The minimum Gasteiger partial charge on any atom is -0.490 e. The molecule has 3 N–H and O–H groups in total. The number of rotatable bonds is 5. The quantitative estimate of drug-likeness (QED) is 0.821. The highest BCUT2D eigenvalue weighted by Crippen LogP contribution is 2.28. The van der Waals surface area contributed by atoms with Gasteiger partial charge in [0.25, 0.3) is 0 Å². The summed E-state index contributed by atoms with van der Waals surface area (Å²) in [7, 11) is 0. The van der Waals surface area contributed by atoms with Crippen LogP contribution in [0.15, 0.2) is 12.1 Å². The lowest BCUT2D eigenvalue weighted by molar-refractivity contribution is 0.0999. The van der Waals surface area contributed by atoms with E-state index in [1.165, 1.54) is 6.07 Å². The molecule has 0 aliphatic carbocycles. The summed E-state index contributed by atoms with van der Waals surface area (Å²) < 4.78 is 5.19. The zero-order valence-electron chi connectivity index (χ0n) is 9.00. The number of ether oxygens (including phenoxy) is 1. The molecule has 5 heteroatoms. The third-order valence-corrected chi connectivity index (χ3v) is 2.45. The van der Waals surface area contributed by atoms with Crippen LogP contribution in [-0.2, 0) is 6.42 Å². The van der Waals surface area contributed by atoms with Gasteiger partial charge >= 0.3 is 0 Å². The van der Waals surface area contributed by atoms with Gasteiger partial charge in [-0.25, -0.2) is 0 Å². The second-order valence-electron chi connectivity index (χ2n) is 3.23. The van der Waals surface area contributed by atoms with Crippen molar-refractivity contribution in [2.24, 2.45) is 5.73 Å². The molecule has 0 saturated carbocycles. The molecule has 0 unspecified atom stereocenters. The van der Waals surface area contributed by atoms with Crippen LogP contribution in [0, 0.1) is 0 Å². The number of primary amides is 1. The van der Waals surface area contributed by atoms with Gasteiger partial charge in [0.15, 0.2) is 0 Å². The molecule has 0 aliphatic heterocycles. The van der Waals surface area contributed by atoms with Gasteiger partial charge < -0.3 is 15.6 Å². The molecular weight excluding hydrogens is 230 g/mol. The van der Waals surface area contributed by atoms with Gasteiger partial charge in [0, 0.05) is 5.56 Å². The van der Waals surface area contributed by atoms with E-state index < -0.39 is 5.91 Å². The standard InChI is InChI=1S/C11H14ClNO3/c1-2-7-5-9(12)10(16-4-3-14)6-8(7)11(13)15/h5-6,14H,2-4H2,1H3,(H2,13,15). The minimum atomic E-state index is -0.512. The summed E-state index contributed by atoms with van der Waals surface area (Å²) >= 11 is 5.96. The number of aliphatic hydroxyl groups is 1. The van der Waals surface area contributed by atoms with E-state index in [1.807, 2.05) is 6.92 Å². The molecule has 1 aromatic carbocycles. The molecule has 0 saturated heterocycles. The number of halogens is 1. The number of aliphatic hydroxyl groups excluding tert-OH is 1. The molecule has 16 heavy (non-hydrogen) atoms. The third kappa shape index (κ3) is 2.87. The van der Waals surface area contributed by atoms with Crippen LogP contribution in [0.2, 0.25) is 5.02 Å². The van der Waals surface area contributed by atoms with Crippen LogP contribution in [0.4, 0.5) is 0 Å². The number of carbonyl (C=O) groups is 1. The Labute approximate surface area is 99.0 Å². The van der Waals surface area contributed by atoms with Gasteiger partial charge in [-0.2, -0.15) is 0 Å². The van der Waals surface area contributed by atoms with Gasteiger partial charge in [-0.3, -0.25) is 4.79 Å². The van der Waals surface area contributed by atoms with Crippen molar-refractivity contribution in [3.8, 4) is 5.75 Å². The first-order valence-corrected chi connectivity index (χ1v) is 5.33. The predicted molar refractivity (Wildman–Crippen MR) is 61.9 cm³/mol. The van der Waals surface area contributed by atoms with Gasteiger partial charge in [-0.15, -0.1) is 0 Å². The summed E-state index contributed by atoms with van der Waals surface area (Å²) in [5.74, 6) is -0.149. The van der Waals surface area contributed by atoms with Crippen molar-refractivity contribution < 1.29 is 14.6 Å². The maximum atomic E-state index is 11.2. The zero-order valence-corrected chi connectivity index (χ0v) is 9.75. The maximum absolute atomic E-state index is 11.2. The molecule has 0 aliphatic rings. The molecule has 1 aromatic rings. The fourth-order valence-electron chi connectivity index (χ4n) is 1.38. The van der Waals surface area contributed by atoms with Crippen molar-refractivity contribution in [3.05, 3.63) is 28.3 Å². The SMILES string of the molecule is CCc1cc(Cl)c(OCCO)cc1C(N)=O. The van der Waals surface area contributed by atoms with E-state index in [0.29, 0.717) is 22.8 Å². The van der Waals surface area contributed by atoms with Crippen molar-refractivity contribution >= 4 is 17.5 Å².